The van der Waals surface area contributed by atoms with Gasteiger partial charge in [-0.25, -0.2) is 0 Å². The Kier molecular flexibility index (Phi) is 2.58. The fourth-order valence-corrected chi connectivity index (χ4v) is 6.23. The molecule has 2 heteroatoms. The zero-order valence-electron chi connectivity index (χ0n) is 11.8. The molecular weight excluding hydrogens is 220 g/mol. The van der Waals surface area contributed by atoms with Crippen LogP contribution in [0.3, 0.4) is 0 Å². The second-order valence-electron chi connectivity index (χ2n) is 7.99. The zero-order chi connectivity index (χ0) is 12.3. The highest BCUT2D eigenvalue weighted by Gasteiger charge is 2.54. The van der Waals surface area contributed by atoms with Crippen LogP contribution in [0.15, 0.2) is 0 Å². The van der Waals surface area contributed by atoms with Crippen LogP contribution in [0, 0.1) is 29.6 Å². The number of hydrogen-bond acceptors (Lipinski definition) is 2. The van der Waals surface area contributed by atoms with Gasteiger partial charge in [0.1, 0.15) is 0 Å². The number of likely N-dealkylation sites (tertiary alicyclic amines) is 1. The van der Waals surface area contributed by atoms with Gasteiger partial charge in [-0.3, -0.25) is 0 Å². The van der Waals surface area contributed by atoms with Crippen LogP contribution in [0.1, 0.15) is 44.9 Å². The number of rotatable bonds is 1. The summed E-state index contributed by atoms with van der Waals surface area (Å²) < 4.78 is 0. The monoisotopic (exact) mass is 248 g/mol. The third-order valence-corrected chi connectivity index (χ3v) is 6.81. The standard InChI is InChI=1S/C16H28N2/c1-18-4-2-16(17,3-5-18)15-13-7-11-6-12(9-13)10-14(15)8-11/h11-15H,2-10,17H2,1H3. The van der Waals surface area contributed by atoms with Gasteiger partial charge in [0.25, 0.3) is 0 Å². The first-order valence-electron chi connectivity index (χ1n) is 8.11. The Labute approximate surface area is 111 Å². The predicted octanol–water partition coefficient (Wildman–Crippen LogP) is 2.48. The third-order valence-electron chi connectivity index (χ3n) is 6.81. The van der Waals surface area contributed by atoms with Crippen LogP contribution in [-0.2, 0) is 0 Å². The van der Waals surface area contributed by atoms with Crippen molar-refractivity contribution in [1.29, 1.82) is 0 Å². The Morgan fingerprint density at radius 2 is 1.39 bits per heavy atom. The van der Waals surface area contributed by atoms with Crippen LogP contribution in [0.5, 0.6) is 0 Å². The molecule has 102 valence electrons. The van der Waals surface area contributed by atoms with E-state index in [0.29, 0.717) is 0 Å². The van der Waals surface area contributed by atoms with E-state index in [1.54, 1.807) is 6.42 Å². The molecule has 4 saturated carbocycles. The maximum Gasteiger partial charge on any atom is 0.0212 e. The van der Waals surface area contributed by atoms with Crippen LogP contribution in [0.2, 0.25) is 0 Å². The molecule has 0 aromatic heterocycles. The summed E-state index contributed by atoms with van der Waals surface area (Å²) in [5.41, 5.74) is 7.11. The first-order valence-corrected chi connectivity index (χ1v) is 8.11. The van der Waals surface area contributed by atoms with E-state index < -0.39 is 0 Å². The van der Waals surface area contributed by atoms with Crippen LogP contribution < -0.4 is 5.73 Å². The minimum Gasteiger partial charge on any atom is -0.325 e. The molecule has 0 aromatic carbocycles. The second-order valence-corrected chi connectivity index (χ2v) is 7.99. The molecule has 4 bridgehead atoms. The summed E-state index contributed by atoms with van der Waals surface area (Å²) in [6.45, 7) is 2.44. The summed E-state index contributed by atoms with van der Waals surface area (Å²) in [6, 6.07) is 0. The summed E-state index contributed by atoms with van der Waals surface area (Å²) in [5.74, 6) is 5.03. The largest absolute Gasteiger partial charge is 0.325 e. The van der Waals surface area contributed by atoms with Crippen molar-refractivity contribution in [2.45, 2.75) is 50.5 Å². The van der Waals surface area contributed by atoms with E-state index in [2.05, 4.69) is 11.9 Å². The minimum atomic E-state index is 0.190. The maximum atomic E-state index is 6.92. The summed E-state index contributed by atoms with van der Waals surface area (Å²) >= 11 is 0. The van der Waals surface area contributed by atoms with Crippen LogP contribution >= 0.6 is 0 Å². The molecule has 0 radical (unpaired) electrons. The molecular formula is C16H28N2. The highest BCUT2D eigenvalue weighted by atomic mass is 15.1. The lowest BCUT2D eigenvalue weighted by Gasteiger charge is -2.60. The zero-order valence-corrected chi connectivity index (χ0v) is 11.8. The Hall–Kier alpha value is -0.0800. The second kappa shape index (κ2) is 3.96. The van der Waals surface area contributed by atoms with Gasteiger partial charge in [-0.1, -0.05) is 0 Å². The van der Waals surface area contributed by atoms with Gasteiger partial charge < -0.3 is 10.6 Å². The number of nitrogens with zero attached hydrogens (tertiary/aromatic N) is 1. The molecule has 2 nitrogen and oxygen atoms in total. The van der Waals surface area contributed by atoms with E-state index in [9.17, 15) is 0 Å². The Balaban J connectivity index is 1.57. The Morgan fingerprint density at radius 1 is 0.889 bits per heavy atom. The van der Waals surface area contributed by atoms with Gasteiger partial charge in [-0.2, -0.15) is 0 Å². The van der Waals surface area contributed by atoms with Crippen LogP contribution in [0.25, 0.3) is 0 Å². The minimum absolute atomic E-state index is 0.190. The van der Waals surface area contributed by atoms with Crippen LogP contribution in [-0.4, -0.2) is 30.6 Å². The molecule has 0 aromatic rings. The summed E-state index contributed by atoms with van der Waals surface area (Å²) in [6.07, 6.45) is 10.1. The lowest BCUT2D eigenvalue weighted by atomic mass is 9.47. The molecule has 0 atom stereocenters. The Morgan fingerprint density at radius 3 is 1.89 bits per heavy atom. The van der Waals surface area contributed by atoms with Crippen molar-refractivity contribution < 1.29 is 0 Å². The van der Waals surface area contributed by atoms with Gasteiger partial charge in [0.2, 0.25) is 0 Å². The van der Waals surface area contributed by atoms with Gasteiger partial charge in [0, 0.05) is 5.54 Å². The summed E-state index contributed by atoms with van der Waals surface area (Å²) in [5, 5.41) is 0. The molecule has 1 aliphatic heterocycles. The van der Waals surface area contributed by atoms with Crippen molar-refractivity contribution in [2.75, 3.05) is 20.1 Å². The van der Waals surface area contributed by atoms with E-state index in [1.807, 2.05) is 0 Å². The quantitative estimate of drug-likeness (QED) is 0.772. The fraction of sp³-hybridized carbons (Fsp3) is 1.00. The van der Waals surface area contributed by atoms with Gasteiger partial charge >= 0.3 is 0 Å². The first-order chi connectivity index (χ1) is 8.64. The molecule has 1 heterocycles. The van der Waals surface area contributed by atoms with E-state index >= 15 is 0 Å². The molecule has 0 spiro atoms. The maximum absolute atomic E-state index is 6.92. The molecule has 5 fully saturated rings. The number of nitrogens with two attached hydrogens (primary N) is 1. The van der Waals surface area contributed by atoms with Gasteiger partial charge in [0.05, 0.1) is 0 Å². The van der Waals surface area contributed by atoms with Crippen molar-refractivity contribution in [3.8, 4) is 0 Å². The molecule has 5 rings (SSSR count). The Bertz CT molecular complexity index is 302. The van der Waals surface area contributed by atoms with Crippen molar-refractivity contribution in [3.63, 3.8) is 0 Å². The molecule has 5 aliphatic rings. The smallest absolute Gasteiger partial charge is 0.0212 e. The van der Waals surface area contributed by atoms with Crippen molar-refractivity contribution >= 4 is 0 Å². The van der Waals surface area contributed by atoms with Crippen molar-refractivity contribution in [1.82, 2.24) is 4.90 Å². The third kappa shape index (κ3) is 1.68. The molecule has 0 amide bonds. The van der Waals surface area contributed by atoms with Crippen molar-refractivity contribution in [2.24, 2.45) is 35.3 Å². The van der Waals surface area contributed by atoms with Crippen LogP contribution in [0.4, 0.5) is 0 Å². The van der Waals surface area contributed by atoms with Gasteiger partial charge in [0.15, 0.2) is 0 Å². The molecule has 4 aliphatic carbocycles. The molecule has 0 unspecified atom stereocenters. The first kappa shape index (κ1) is 11.7. The lowest BCUT2D eigenvalue weighted by Crippen LogP contribution is -2.62. The highest BCUT2D eigenvalue weighted by molar-refractivity contribution is 5.07. The van der Waals surface area contributed by atoms with Gasteiger partial charge in [-0.05, 0) is 94.7 Å². The number of hydrogen-bond donors (Lipinski definition) is 1. The fourth-order valence-electron chi connectivity index (χ4n) is 6.23. The van der Waals surface area contributed by atoms with Crippen molar-refractivity contribution in [3.05, 3.63) is 0 Å². The van der Waals surface area contributed by atoms with E-state index in [-0.39, 0.29) is 5.54 Å². The lowest BCUT2D eigenvalue weighted by molar-refractivity contribution is -0.0808. The number of piperidine rings is 1. The van der Waals surface area contributed by atoms with Gasteiger partial charge in [-0.15, -0.1) is 0 Å². The molecule has 1 saturated heterocycles. The summed E-state index contributed by atoms with van der Waals surface area (Å²) in [4.78, 5) is 2.46. The molecule has 18 heavy (non-hydrogen) atoms. The summed E-state index contributed by atoms with van der Waals surface area (Å²) in [7, 11) is 2.25. The van der Waals surface area contributed by atoms with E-state index in [4.69, 9.17) is 5.73 Å². The topological polar surface area (TPSA) is 29.3 Å². The van der Waals surface area contributed by atoms with E-state index in [0.717, 1.165) is 29.6 Å². The molecule has 2 N–H and O–H groups in total. The predicted molar refractivity (Wildman–Crippen MR) is 74.2 cm³/mol. The highest BCUT2D eigenvalue weighted by Crippen LogP contribution is 2.59. The average molecular weight is 248 g/mol. The normalized spacial score (nSPS) is 50.7. The average Bonchev–Trinajstić information content (AvgIpc) is 2.32. The SMILES string of the molecule is CN1CCC(N)(C2C3CC4CC(C3)CC2C4)CC1. The van der Waals surface area contributed by atoms with E-state index in [1.165, 1.54) is 51.6 Å².